The molecule has 2 amide bonds. The average molecular weight is 395 g/mol. The summed E-state index contributed by atoms with van der Waals surface area (Å²) in [6, 6.07) is 5.33. The van der Waals surface area contributed by atoms with E-state index in [1.807, 2.05) is 6.92 Å². The summed E-state index contributed by atoms with van der Waals surface area (Å²) in [5, 5.41) is 2.59. The molecule has 0 atom stereocenters. The van der Waals surface area contributed by atoms with Gasteiger partial charge in [0.05, 0.1) is 11.1 Å². The maximum absolute atomic E-state index is 12.4. The van der Waals surface area contributed by atoms with Crippen LogP contribution in [0.3, 0.4) is 0 Å². The van der Waals surface area contributed by atoms with Crippen molar-refractivity contribution < 1.29 is 14.3 Å². The third-order valence-electron chi connectivity index (χ3n) is 3.06. The molecular formula is C16H15BrN2O3S. The minimum atomic E-state index is -0.509. The summed E-state index contributed by atoms with van der Waals surface area (Å²) in [5.41, 5.74) is 0.724. The van der Waals surface area contributed by atoms with Gasteiger partial charge in [0.25, 0.3) is 11.8 Å². The van der Waals surface area contributed by atoms with Crippen LogP contribution in [0.15, 0.2) is 40.9 Å². The lowest BCUT2D eigenvalue weighted by atomic mass is 10.1. The van der Waals surface area contributed by atoms with E-state index in [0.717, 1.165) is 4.47 Å². The summed E-state index contributed by atoms with van der Waals surface area (Å²) in [5.74, 6) is -0.252. The molecule has 1 aliphatic heterocycles. The zero-order valence-corrected chi connectivity index (χ0v) is 14.9. The second-order valence-electron chi connectivity index (χ2n) is 4.64. The van der Waals surface area contributed by atoms with Crippen molar-refractivity contribution >= 4 is 51.2 Å². The van der Waals surface area contributed by atoms with Gasteiger partial charge in [-0.25, -0.2) is 0 Å². The lowest BCUT2D eigenvalue weighted by Gasteiger charge is -2.27. The topological polar surface area (TPSA) is 58.6 Å². The van der Waals surface area contributed by atoms with Gasteiger partial charge in [-0.05, 0) is 58.8 Å². The van der Waals surface area contributed by atoms with Crippen LogP contribution in [0.5, 0.6) is 5.75 Å². The first kappa shape index (κ1) is 17.4. The Balaban J connectivity index is 2.35. The number of nitrogens with zero attached hydrogens (tertiary/aromatic N) is 1. The number of rotatable bonds is 5. The molecule has 0 aromatic heterocycles. The Morgan fingerprint density at radius 3 is 2.78 bits per heavy atom. The lowest BCUT2D eigenvalue weighted by molar-refractivity contribution is -0.128. The zero-order valence-electron chi connectivity index (χ0n) is 12.5. The molecule has 1 fully saturated rings. The molecule has 1 heterocycles. The third-order valence-corrected chi connectivity index (χ3v) is 4.01. The lowest BCUT2D eigenvalue weighted by Crippen LogP contribution is -2.53. The van der Waals surface area contributed by atoms with Crippen LogP contribution in [-0.2, 0) is 9.59 Å². The molecule has 0 bridgehead atoms. The van der Waals surface area contributed by atoms with E-state index in [0.29, 0.717) is 17.9 Å². The minimum absolute atomic E-state index is 0.0245. The molecule has 23 heavy (non-hydrogen) atoms. The summed E-state index contributed by atoms with van der Waals surface area (Å²) in [6.07, 6.45) is 3.07. The van der Waals surface area contributed by atoms with Crippen LogP contribution in [0, 0.1) is 0 Å². The molecule has 1 aliphatic rings. The predicted molar refractivity (Wildman–Crippen MR) is 95.9 cm³/mol. The van der Waals surface area contributed by atoms with E-state index in [1.165, 1.54) is 11.0 Å². The summed E-state index contributed by atoms with van der Waals surface area (Å²) in [6.45, 7) is 6.27. The van der Waals surface area contributed by atoms with E-state index < -0.39 is 11.8 Å². The highest BCUT2D eigenvalue weighted by Crippen LogP contribution is 2.27. The second-order valence-corrected chi connectivity index (χ2v) is 5.89. The molecule has 1 aromatic carbocycles. The first-order valence-electron chi connectivity index (χ1n) is 6.90. The Bertz CT molecular complexity index is 715. The van der Waals surface area contributed by atoms with Crippen molar-refractivity contribution in [3.8, 4) is 5.75 Å². The molecule has 0 saturated carbocycles. The van der Waals surface area contributed by atoms with Gasteiger partial charge in [-0.2, -0.15) is 0 Å². The molecule has 2 rings (SSSR count). The van der Waals surface area contributed by atoms with Gasteiger partial charge in [-0.1, -0.05) is 12.1 Å². The van der Waals surface area contributed by atoms with Crippen LogP contribution in [0.1, 0.15) is 12.5 Å². The van der Waals surface area contributed by atoms with E-state index in [-0.39, 0.29) is 17.2 Å². The SMILES string of the molecule is C=CCN1C(=O)/C(=C/c2ccc(OCC)c(Br)c2)C(=O)NC1=S. The number of amides is 2. The van der Waals surface area contributed by atoms with E-state index >= 15 is 0 Å². The van der Waals surface area contributed by atoms with Crippen LogP contribution in [0.2, 0.25) is 0 Å². The molecule has 0 spiro atoms. The van der Waals surface area contributed by atoms with Gasteiger partial charge in [0.1, 0.15) is 11.3 Å². The smallest absolute Gasteiger partial charge is 0.265 e. The maximum Gasteiger partial charge on any atom is 0.265 e. The Labute approximate surface area is 148 Å². The van der Waals surface area contributed by atoms with Crippen molar-refractivity contribution in [2.24, 2.45) is 0 Å². The first-order chi connectivity index (χ1) is 11.0. The fourth-order valence-electron chi connectivity index (χ4n) is 2.03. The van der Waals surface area contributed by atoms with Crippen LogP contribution < -0.4 is 10.1 Å². The first-order valence-corrected chi connectivity index (χ1v) is 8.10. The normalized spacial score (nSPS) is 16.5. The Kier molecular flexibility index (Phi) is 5.68. The number of benzene rings is 1. The number of hydrogen-bond acceptors (Lipinski definition) is 4. The maximum atomic E-state index is 12.4. The number of ether oxygens (including phenoxy) is 1. The second kappa shape index (κ2) is 7.52. The molecule has 7 heteroatoms. The molecule has 1 aromatic rings. The quantitative estimate of drug-likeness (QED) is 0.361. The fourth-order valence-corrected chi connectivity index (χ4v) is 2.80. The van der Waals surface area contributed by atoms with Gasteiger partial charge in [0.15, 0.2) is 5.11 Å². The summed E-state index contributed by atoms with van der Waals surface area (Å²) in [7, 11) is 0. The summed E-state index contributed by atoms with van der Waals surface area (Å²) < 4.78 is 6.18. The van der Waals surface area contributed by atoms with Crippen LogP contribution in [0.25, 0.3) is 6.08 Å². The number of carbonyl (C=O) groups excluding carboxylic acids is 2. The third kappa shape index (κ3) is 3.86. The van der Waals surface area contributed by atoms with Crippen molar-refractivity contribution in [3.63, 3.8) is 0 Å². The number of carbonyl (C=O) groups is 2. The Morgan fingerprint density at radius 1 is 1.43 bits per heavy atom. The number of halogens is 1. The van der Waals surface area contributed by atoms with Gasteiger partial charge in [0, 0.05) is 6.54 Å². The highest BCUT2D eigenvalue weighted by Gasteiger charge is 2.32. The summed E-state index contributed by atoms with van der Waals surface area (Å²) >= 11 is 8.41. The average Bonchev–Trinajstić information content (AvgIpc) is 2.50. The molecule has 5 nitrogen and oxygen atoms in total. The van der Waals surface area contributed by atoms with E-state index in [1.54, 1.807) is 24.3 Å². The van der Waals surface area contributed by atoms with Crippen molar-refractivity contribution in [2.45, 2.75) is 6.92 Å². The van der Waals surface area contributed by atoms with Crippen molar-refractivity contribution in [1.29, 1.82) is 0 Å². The fraction of sp³-hybridized carbons (Fsp3) is 0.188. The minimum Gasteiger partial charge on any atom is -0.493 e. The molecule has 0 unspecified atom stereocenters. The molecule has 1 N–H and O–H groups in total. The largest absolute Gasteiger partial charge is 0.493 e. The molecule has 0 aliphatic carbocycles. The van der Waals surface area contributed by atoms with Crippen LogP contribution in [-0.4, -0.2) is 35.0 Å². The Hall–Kier alpha value is -1.99. The monoisotopic (exact) mass is 394 g/mol. The van der Waals surface area contributed by atoms with Gasteiger partial charge < -0.3 is 4.74 Å². The van der Waals surface area contributed by atoms with Gasteiger partial charge in [-0.3, -0.25) is 19.8 Å². The molecular weight excluding hydrogens is 380 g/mol. The highest BCUT2D eigenvalue weighted by molar-refractivity contribution is 9.10. The standard InChI is InChI=1S/C16H15BrN2O3S/c1-3-7-19-15(21)11(14(20)18-16(19)23)8-10-5-6-13(22-4-2)12(17)9-10/h3,5-6,8-9H,1,4,7H2,2H3,(H,18,20,23)/b11-8+. The van der Waals surface area contributed by atoms with Gasteiger partial charge >= 0.3 is 0 Å². The molecule has 1 saturated heterocycles. The number of thiocarbonyl (C=S) groups is 1. The van der Waals surface area contributed by atoms with E-state index in [4.69, 9.17) is 17.0 Å². The van der Waals surface area contributed by atoms with Crippen molar-refractivity contribution in [3.05, 3.63) is 46.5 Å². The molecule has 120 valence electrons. The number of nitrogens with one attached hydrogen (secondary N) is 1. The van der Waals surface area contributed by atoms with Gasteiger partial charge in [-0.15, -0.1) is 6.58 Å². The van der Waals surface area contributed by atoms with Crippen molar-refractivity contribution in [1.82, 2.24) is 10.2 Å². The predicted octanol–water partition coefficient (Wildman–Crippen LogP) is 2.66. The highest BCUT2D eigenvalue weighted by atomic mass is 79.9. The Morgan fingerprint density at radius 2 is 2.17 bits per heavy atom. The van der Waals surface area contributed by atoms with E-state index in [2.05, 4.69) is 27.8 Å². The van der Waals surface area contributed by atoms with Crippen molar-refractivity contribution in [2.75, 3.05) is 13.2 Å². The number of hydrogen-bond donors (Lipinski definition) is 1. The van der Waals surface area contributed by atoms with E-state index in [9.17, 15) is 9.59 Å². The van der Waals surface area contributed by atoms with Crippen LogP contribution >= 0.6 is 28.1 Å². The molecule has 0 radical (unpaired) electrons. The zero-order chi connectivity index (χ0) is 17.0. The van der Waals surface area contributed by atoms with Crippen LogP contribution in [0.4, 0.5) is 0 Å². The van der Waals surface area contributed by atoms with Gasteiger partial charge in [0.2, 0.25) is 0 Å². The summed E-state index contributed by atoms with van der Waals surface area (Å²) in [4.78, 5) is 25.8.